The fourth-order valence-electron chi connectivity index (χ4n) is 2.62. The molecule has 0 unspecified atom stereocenters. The van der Waals surface area contributed by atoms with E-state index in [1.807, 2.05) is 25.2 Å². The van der Waals surface area contributed by atoms with Gasteiger partial charge in [0.05, 0.1) is 5.02 Å². The van der Waals surface area contributed by atoms with E-state index >= 15 is 0 Å². The number of rotatable bonds is 4. The lowest BCUT2D eigenvalue weighted by atomic mass is 10.2. The molecule has 0 saturated heterocycles. The monoisotopic (exact) mass is 302 g/mol. The van der Waals surface area contributed by atoms with Crippen LogP contribution in [0.5, 0.6) is 0 Å². The third kappa shape index (κ3) is 2.80. The molecule has 2 nitrogen and oxygen atoms in total. The van der Waals surface area contributed by atoms with Crippen molar-refractivity contribution in [2.75, 3.05) is 7.05 Å². The zero-order valence-electron chi connectivity index (χ0n) is 11.7. The Kier molecular flexibility index (Phi) is 3.95. The fraction of sp³-hybridized carbons (Fsp3) is 0.176. The summed E-state index contributed by atoms with van der Waals surface area (Å²) >= 11 is 5.73. The van der Waals surface area contributed by atoms with Gasteiger partial charge in [-0.25, -0.2) is 4.39 Å². The van der Waals surface area contributed by atoms with Crippen molar-refractivity contribution < 1.29 is 4.39 Å². The van der Waals surface area contributed by atoms with Crippen molar-refractivity contribution in [3.63, 3.8) is 0 Å². The van der Waals surface area contributed by atoms with Crippen LogP contribution in [-0.2, 0) is 13.1 Å². The molecular weight excluding hydrogens is 287 g/mol. The summed E-state index contributed by atoms with van der Waals surface area (Å²) in [6, 6.07) is 13.2. The van der Waals surface area contributed by atoms with Crippen molar-refractivity contribution in [3.05, 3.63) is 70.6 Å². The highest BCUT2D eigenvalue weighted by Gasteiger charge is 2.08. The molecular formula is C17H16ClFN2. The second kappa shape index (κ2) is 5.88. The molecule has 4 heteroatoms. The average molecular weight is 303 g/mol. The highest BCUT2D eigenvalue weighted by molar-refractivity contribution is 6.30. The first-order valence-corrected chi connectivity index (χ1v) is 7.22. The summed E-state index contributed by atoms with van der Waals surface area (Å²) < 4.78 is 15.7. The molecule has 0 aliphatic heterocycles. The summed E-state index contributed by atoms with van der Waals surface area (Å²) in [5.74, 6) is -0.374. The van der Waals surface area contributed by atoms with Gasteiger partial charge in [-0.1, -0.05) is 35.9 Å². The van der Waals surface area contributed by atoms with Crippen LogP contribution in [0.1, 0.15) is 11.1 Å². The topological polar surface area (TPSA) is 17.0 Å². The van der Waals surface area contributed by atoms with E-state index in [1.54, 1.807) is 6.07 Å². The Balaban J connectivity index is 2.01. The first kappa shape index (κ1) is 14.1. The highest BCUT2D eigenvalue weighted by Crippen LogP contribution is 2.23. The number of para-hydroxylation sites is 1. The Hall–Kier alpha value is -1.84. The van der Waals surface area contributed by atoms with Crippen molar-refractivity contribution in [2.24, 2.45) is 0 Å². The summed E-state index contributed by atoms with van der Waals surface area (Å²) in [7, 11) is 1.93. The number of nitrogens with zero attached hydrogens (tertiary/aromatic N) is 1. The van der Waals surface area contributed by atoms with E-state index in [-0.39, 0.29) is 10.8 Å². The molecule has 21 heavy (non-hydrogen) atoms. The molecule has 0 fully saturated rings. The van der Waals surface area contributed by atoms with Crippen molar-refractivity contribution in [3.8, 4) is 0 Å². The van der Waals surface area contributed by atoms with Gasteiger partial charge in [-0.15, -0.1) is 0 Å². The molecule has 0 spiro atoms. The number of hydrogen-bond acceptors (Lipinski definition) is 1. The van der Waals surface area contributed by atoms with Crippen LogP contribution in [0, 0.1) is 5.82 Å². The first-order chi connectivity index (χ1) is 10.2. The van der Waals surface area contributed by atoms with Gasteiger partial charge in [0, 0.05) is 30.2 Å². The van der Waals surface area contributed by atoms with Crippen molar-refractivity contribution >= 4 is 22.5 Å². The van der Waals surface area contributed by atoms with Crippen molar-refractivity contribution in [2.45, 2.75) is 13.1 Å². The minimum absolute atomic E-state index is 0.159. The highest BCUT2D eigenvalue weighted by atomic mass is 35.5. The molecule has 108 valence electrons. The first-order valence-electron chi connectivity index (χ1n) is 6.84. The molecule has 1 aromatic heterocycles. The lowest BCUT2D eigenvalue weighted by Crippen LogP contribution is -2.04. The molecule has 1 heterocycles. The number of benzene rings is 2. The minimum Gasteiger partial charge on any atom is -0.343 e. The maximum atomic E-state index is 13.6. The maximum absolute atomic E-state index is 13.6. The number of nitrogens with one attached hydrogen (secondary N) is 1. The fourth-order valence-corrected chi connectivity index (χ4v) is 2.74. The van der Waals surface area contributed by atoms with Crippen LogP contribution < -0.4 is 5.32 Å². The molecule has 0 saturated carbocycles. The number of aromatic nitrogens is 1. The van der Waals surface area contributed by atoms with Crippen molar-refractivity contribution in [1.29, 1.82) is 0 Å². The van der Waals surface area contributed by atoms with Gasteiger partial charge in [0.15, 0.2) is 0 Å². The maximum Gasteiger partial charge on any atom is 0.142 e. The molecule has 3 aromatic rings. The lowest BCUT2D eigenvalue weighted by molar-refractivity contribution is 0.624. The van der Waals surface area contributed by atoms with E-state index in [0.29, 0.717) is 6.54 Å². The summed E-state index contributed by atoms with van der Waals surface area (Å²) in [6.07, 6.45) is 2.12. The van der Waals surface area contributed by atoms with Gasteiger partial charge in [-0.05, 0) is 36.4 Å². The molecule has 0 aliphatic carbocycles. The zero-order valence-corrected chi connectivity index (χ0v) is 12.5. The van der Waals surface area contributed by atoms with E-state index in [2.05, 4.69) is 28.2 Å². The van der Waals surface area contributed by atoms with E-state index in [4.69, 9.17) is 11.6 Å². The van der Waals surface area contributed by atoms with Gasteiger partial charge in [-0.3, -0.25) is 0 Å². The van der Waals surface area contributed by atoms with Crippen LogP contribution in [0.15, 0.2) is 48.7 Å². The summed E-state index contributed by atoms with van der Waals surface area (Å²) in [5, 5.41) is 4.56. The van der Waals surface area contributed by atoms with E-state index < -0.39 is 0 Å². The van der Waals surface area contributed by atoms with Gasteiger partial charge < -0.3 is 9.88 Å². The van der Waals surface area contributed by atoms with Crippen LogP contribution >= 0.6 is 11.6 Å². The standard InChI is InChI=1S/C17H16ClFN2/c1-20-9-13-11-21(17-5-3-2-4-14(13)17)10-12-6-7-15(18)16(19)8-12/h2-8,11,20H,9-10H2,1H3. The van der Waals surface area contributed by atoms with Gasteiger partial charge >= 0.3 is 0 Å². The summed E-state index contributed by atoms with van der Waals surface area (Å²) in [6.45, 7) is 1.43. The molecule has 0 bridgehead atoms. The second-order valence-electron chi connectivity index (χ2n) is 5.08. The van der Waals surface area contributed by atoms with Gasteiger partial charge in [-0.2, -0.15) is 0 Å². The Morgan fingerprint density at radius 3 is 2.76 bits per heavy atom. The molecule has 2 aromatic carbocycles. The molecule has 0 amide bonds. The number of fused-ring (bicyclic) bond motifs is 1. The van der Waals surface area contributed by atoms with Crippen LogP contribution in [0.4, 0.5) is 4.39 Å². The quantitative estimate of drug-likeness (QED) is 0.764. The summed E-state index contributed by atoms with van der Waals surface area (Å²) in [5.41, 5.74) is 3.29. The van der Waals surface area contributed by atoms with E-state index in [9.17, 15) is 4.39 Å². The third-order valence-electron chi connectivity index (χ3n) is 3.58. The van der Waals surface area contributed by atoms with E-state index in [1.165, 1.54) is 17.0 Å². The molecule has 0 aliphatic rings. The van der Waals surface area contributed by atoms with Gasteiger partial charge in [0.2, 0.25) is 0 Å². The van der Waals surface area contributed by atoms with Gasteiger partial charge in [0.1, 0.15) is 5.82 Å². The molecule has 0 atom stereocenters. The molecule has 3 rings (SSSR count). The number of halogens is 2. The van der Waals surface area contributed by atoms with E-state index in [0.717, 1.165) is 17.6 Å². The second-order valence-corrected chi connectivity index (χ2v) is 5.49. The Labute approximate surface area is 128 Å². The summed E-state index contributed by atoms with van der Waals surface area (Å²) in [4.78, 5) is 0. The normalized spacial score (nSPS) is 11.2. The average Bonchev–Trinajstić information content (AvgIpc) is 2.82. The number of hydrogen-bond donors (Lipinski definition) is 1. The van der Waals surface area contributed by atoms with Crippen LogP contribution in [-0.4, -0.2) is 11.6 Å². The van der Waals surface area contributed by atoms with Crippen LogP contribution in [0.3, 0.4) is 0 Å². The predicted molar refractivity (Wildman–Crippen MR) is 85.2 cm³/mol. The SMILES string of the molecule is CNCc1cn(Cc2ccc(Cl)c(F)c2)c2ccccc12. The smallest absolute Gasteiger partial charge is 0.142 e. The van der Waals surface area contributed by atoms with Crippen LogP contribution in [0.25, 0.3) is 10.9 Å². The lowest BCUT2D eigenvalue weighted by Gasteiger charge is -2.06. The zero-order chi connectivity index (χ0) is 14.8. The molecule has 1 N–H and O–H groups in total. The van der Waals surface area contributed by atoms with Gasteiger partial charge in [0.25, 0.3) is 0 Å². The minimum atomic E-state index is -0.374. The largest absolute Gasteiger partial charge is 0.343 e. The Morgan fingerprint density at radius 2 is 2.00 bits per heavy atom. The molecule has 0 radical (unpaired) electrons. The van der Waals surface area contributed by atoms with Crippen molar-refractivity contribution in [1.82, 2.24) is 9.88 Å². The Morgan fingerprint density at radius 1 is 1.19 bits per heavy atom. The Bertz CT molecular complexity index is 780. The third-order valence-corrected chi connectivity index (χ3v) is 3.88. The predicted octanol–water partition coefficient (Wildman–Crippen LogP) is 4.20. The van der Waals surface area contributed by atoms with Crippen LogP contribution in [0.2, 0.25) is 5.02 Å².